The number of hydrogen-bond acceptors (Lipinski definition) is 3. The van der Waals surface area contributed by atoms with Gasteiger partial charge in [-0.2, -0.15) is 5.10 Å². The molecular weight excluding hydrogens is 230 g/mol. The first-order valence-electron chi connectivity index (χ1n) is 4.50. The number of hydrogen-bond donors (Lipinski definition) is 3. The molecule has 0 heterocycles. The zero-order valence-electron chi connectivity index (χ0n) is 8.91. The predicted octanol–water partition coefficient (Wildman–Crippen LogP) is 1.66. The third-order valence-electron chi connectivity index (χ3n) is 2.08. The first-order chi connectivity index (χ1) is 7.43. The van der Waals surface area contributed by atoms with Crippen LogP contribution in [0.15, 0.2) is 11.2 Å². The second-order valence-electron chi connectivity index (χ2n) is 3.30. The van der Waals surface area contributed by atoms with E-state index in [1.54, 1.807) is 13.8 Å². The highest BCUT2D eigenvalue weighted by molar-refractivity contribution is 6.32. The fraction of sp³-hybridized carbons (Fsp3) is 0.200. The lowest BCUT2D eigenvalue weighted by molar-refractivity contribution is 0.249. The van der Waals surface area contributed by atoms with Gasteiger partial charge in [-0.15, -0.1) is 0 Å². The third kappa shape index (κ3) is 2.64. The standard InChI is InChI=1S/C10H12ClN3O2/c1-5-3-8(15)7(6(2)9(5)11)4-13-14-10(12)16/h3-4,15H,1-2H3,(H3,12,14,16). The Hall–Kier alpha value is -1.75. The van der Waals surface area contributed by atoms with Crippen molar-refractivity contribution < 1.29 is 9.90 Å². The maximum atomic E-state index is 10.4. The highest BCUT2D eigenvalue weighted by Crippen LogP contribution is 2.29. The monoisotopic (exact) mass is 241 g/mol. The number of nitrogens with zero attached hydrogens (tertiary/aromatic N) is 1. The van der Waals surface area contributed by atoms with Crippen molar-refractivity contribution in [2.75, 3.05) is 0 Å². The van der Waals surface area contributed by atoms with Crippen LogP contribution in [0, 0.1) is 13.8 Å². The van der Waals surface area contributed by atoms with E-state index in [0.29, 0.717) is 16.1 Å². The molecule has 86 valence electrons. The molecule has 1 aromatic rings. The number of urea groups is 1. The Morgan fingerprint density at radius 3 is 2.81 bits per heavy atom. The van der Waals surface area contributed by atoms with E-state index in [4.69, 9.17) is 17.3 Å². The molecule has 0 aromatic heterocycles. The van der Waals surface area contributed by atoms with Crippen LogP contribution in [0.3, 0.4) is 0 Å². The maximum Gasteiger partial charge on any atom is 0.332 e. The number of aryl methyl sites for hydroxylation is 1. The number of amides is 2. The van der Waals surface area contributed by atoms with Gasteiger partial charge in [0.05, 0.1) is 6.21 Å². The lowest BCUT2D eigenvalue weighted by Crippen LogP contribution is -2.24. The topological polar surface area (TPSA) is 87.7 Å². The van der Waals surface area contributed by atoms with Crippen molar-refractivity contribution in [1.82, 2.24) is 5.43 Å². The molecule has 4 N–H and O–H groups in total. The molecule has 5 nitrogen and oxygen atoms in total. The Bertz CT molecular complexity index is 458. The Labute approximate surface area is 97.9 Å². The van der Waals surface area contributed by atoms with Gasteiger partial charge in [0, 0.05) is 10.6 Å². The Kier molecular flexibility index (Phi) is 3.73. The number of phenolic OH excluding ortho intramolecular Hbond substituents is 1. The zero-order chi connectivity index (χ0) is 12.3. The SMILES string of the molecule is Cc1cc(O)c(C=NNC(N)=O)c(C)c1Cl. The van der Waals surface area contributed by atoms with Crippen LogP contribution in [0.4, 0.5) is 4.79 Å². The molecule has 0 bridgehead atoms. The molecule has 16 heavy (non-hydrogen) atoms. The first-order valence-corrected chi connectivity index (χ1v) is 4.88. The molecule has 0 saturated carbocycles. The molecule has 0 spiro atoms. The van der Waals surface area contributed by atoms with Crippen LogP contribution in [-0.2, 0) is 0 Å². The second-order valence-corrected chi connectivity index (χ2v) is 3.68. The van der Waals surface area contributed by atoms with Crippen LogP contribution < -0.4 is 11.2 Å². The zero-order valence-corrected chi connectivity index (χ0v) is 9.67. The van der Waals surface area contributed by atoms with Crippen LogP contribution in [0.25, 0.3) is 0 Å². The van der Waals surface area contributed by atoms with Crippen LogP contribution in [-0.4, -0.2) is 17.4 Å². The average Bonchev–Trinajstić information content (AvgIpc) is 2.19. The van der Waals surface area contributed by atoms with E-state index in [2.05, 4.69) is 5.10 Å². The van der Waals surface area contributed by atoms with Gasteiger partial charge in [-0.3, -0.25) is 0 Å². The Morgan fingerprint density at radius 2 is 2.25 bits per heavy atom. The van der Waals surface area contributed by atoms with Crippen molar-refractivity contribution in [3.63, 3.8) is 0 Å². The van der Waals surface area contributed by atoms with Gasteiger partial charge in [0.25, 0.3) is 0 Å². The van der Waals surface area contributed by atoms with E-state index in [0.717, 1.165) is 5.56 Å². The van der Waals surface area contributed by atoms with Gasteiger partial charge < -0.3 is 10.8 Å². The lowest BCUT2D eigenvalue weighted by Gasteiger charge is -2.08. The highest BCUT2D eigenvalue weighted by Gasteiger charge is 2.09. The van der Waals surface area contributed by atoms with Gasteiger partial charge in [-0.25, -0.2) is 10.2 Å². The molecule has 0 aliphatic heterocycles. The largest absolute Gasteiger partial charge is 0.507 e. The normalized spacial score (nSPS) is 10.7. The Balaban J connectivity index is 3.09. The molecule has 1 rings (SSSR count). The number of aromatic hydroxyl groups is 1. The summed E-state index contributed by atoms with van der Waals surface area (Å²) in [7, 11) is 0. The summed E-state index contributed by atoms with van der Waals surface area (Å²) in [5.41, 5.74) is 8.78. The lowest BCUT2D eigenvalue weighted by atomic mass is 10.1. The van der Waals surface area contributed by atoms with E-state index >= 15 is 0 Å². The van der Waals surface area contributed by atoms with Crippen molar-refractivity contribution in [3.05, 3.63) is 27.8 Å². The highest BCUT2D eigenvalue weighted by atomic mass is 35.5. The van der Waals surface area contributed by atoms with E-state index in [9.17, 15) is 9.90 Å². The van der Waals surface area contributed by atoms with Crippen molar-refractivity contribution in [3.8, 4) is 5.75 Å². The summed E-state index contributed by atoms with van der Waals surface area (Å²) >= 11 is 6.01. The van der Waals surface area contributed by atoms with Gasteiger partial charge in [-0.05, 0) is 31.0 Å². The molecule has 0 radical (unpaired) electrons. The fourth-order valence-corrected chi connectivity index (χ4v) is 1.43. The summed E-state index contributed by atoms with van der Waals surface area (Å²) in [6.07, 6.45) is 1.29. The summed E-state index contributed by atoms with van der Waals surface area (Å²) in [5, 5.41) is 13.8. The van der Waals surface area contributed by atoms with Gasteiger partial charge >= 0.3 is 6.03 Å². The van der Waals surface area contributed by atoms with Crippen LogP contribution in [0.5, 0.6) is 5.75 Å². The summed E-state index contributed by atoms with van der Waals surface area (Å²) in [4.78, 5) is 10.4. The summed E-state index contributed by atoms with van der Waals surface area (Å²) in [6, 6.07) is 0.757. The summed E-state index contributed by atoms with van der Waals surface area (Å²) in [6.45, 7) is 3.54. The number of halogens is 1. The van der Waals surface area contributed by atoms with Gasteiger partial charge in [0.2, 0.25) is 0 Å². The molecule has 0 saturated heterocycles. The number of hydrazone groups is 1. The predicted molar refractivity (Wildman–Crippen MR) is 62.9 cm³/mol. The number of carbonyl (C=O) groups is 1. The van der Waals surface area contributed by atoms with Gasteiger partial charge in [0.15, 0.2) is 0 Å². The van der Waals surface area contributed by atoms with E-state index < -0.39 is 6.03 Å². The molecule has 0 aliphatic carbocycles. The van der Waals surface area contributed by atoms with Crippen molar-refractivity contribution in [2.24, 2.45) is 10.8 Å². The van der Waals surface area contributed by atoms with Crippen LogP contribution >= 0.6 is 11.6 Å². The molecule has 0 aliphatic rings. The second kappa shape index (κ2) is 4.85. The number of primary amides is 1. The average molecular weight is 242 g/mol. The number of phenols is 1. The number of rotatable bonds is 2. The summed E-state index contributed by atoms with van der Waals surface area (Å²) in [5.74, 6) is 0.0504. The Morgan fingerprint density at radius 1 is 1.62 bits per heavy atom. The van der Waals surface area contributed by atoms with E-state index in [1.165, 1.54) is 12.3 Å². The smallest absolute Gasteiger partial charge is 0.332 e. The fourth-order valence-electron chi connectivity index (χ4n) is 1.28. The van der Waals surface area contributed by atoms with Crippen molar-refractivity contribution in [2.45, 2.75) is 13.8 Å². The molecule has 1 aromatic carbocycles. The third-order valence-corrected chi connectivity index (χ3v) is 2.66. The molecule has 0 unspecified atom stereocenters. The molecular formula is C10H12ClN3O2. The molecule has 0 atom stereocenters. The molecule has 0 fully saturated rings. The first kappa shape index (κ1) is 12.3. The van der Waals surface area contributed by atoms with E-state index in [1.807, 2.05) is 5.43 Å². The van der Waals surface area contributed by atoms with Crippen molar-refractivity contribution >= 4 is 23.8 Å². The van der Waals surface area contributed by atoms with Gasteiger partial charge in [-0.1, -0.05) is 11.6 Å². The van der Waals surface area contributed by atoms with Crippen LogP contribution in [0.1, 0.15) is 16.7 Å². The maximum absolute atomic E-state index is 10.4. The van der Waals surface area contributed by atoms with E-state index in [-0.39, 0.29) is 5.75 Å². The summed E-state index contributed by atoms with van der Waals surface area (Å²) < 4.78 is 0. The molecule has 6 heteroatoms. The quantitative estimate of drug-likeness (QED) is 0.543. The molecule has 2 amide bonds. The minimum Gasteiger partial charge on any atom is -0.507 e. The van der Waals surface area contributed by atoms with Crippen molar-refractivity contribution in [1.29, 1.82) is 0 Å². The minimum absolute atomic E-state index is 0.0504. The number of nitrogens with one attached hydrogen (secondary N) is 1. The van der Waals surface area contributed by atoms with Gasteiger partial charge in [0.1, 0.15) is 5.75 Å². The number of nitrogens with two attached hydrogens (primary N) is 1. The van der Waals surface area contributed by atoms with Crippen LogP contribution in [0.2, 0.25) is 5.02 Å². The minimum atomic E-state index is -0.772. The number of benzene rings is 1. The number of carbonyl (C=O) groups excluding carboxylic acids is 1.